The second-order valence-corrected chi connectivity index (χ2v) is 5.29. The number of ether oxygens (including phenoxy) is 1. The highest BCUT2D eigenvalue weighted by Gasteiger charge is 2.08. The van der Waals surface area contributed by atoms with Gasteiger partial charge in [0.05, 0.1) is 11.6 Å². The van der Waals surface area contributed by atoms with Gasteiger partial charge in [-0.1, -0.05) is 28.1 Å². The molecule has 0 aliphatic rings. The van der Waals surface area contributed by atoms with Gasteiger partial charge in [-0.15, -0.1) is 0 Å². The third-order valence-electron chi connectivity index (χ3n) is 3.07. The van der Waals surface area contributed by atoms with Gasteiger partial charge in [-0.2, -0.15) is 5.26 Å². The van der Waals surface area contributed by atoms with E-state index in [1.54, 1.807) is 18.2 Å². The number of nitrogens with zero attached hydrogens (tertiary/aromatic N) is 1. The molecule has 3 nitrogen and oxygen atoms in total. The first kappa shape index (κ1) is 14.6. The van der Waals surface area contributed by atoms with E-state index in [9.17, 15) is 0 Å². The molecule has 20 heavy (non-hydrogen) atoms. The molecule has 1 unspecified atom stereocenters. The Hall–Kier alpha value is -1.83. The summed E-state index contributed by atoms with van der Waals surface area (Å²) in [6.45, 7) is 2.09. The zero-order valence-electron chi connectivity index (χ0n) is 11.4. The normalized spacial score (nSPS) is 11.7. The summed E-state index contributed by atoms with van der Waals surface area (Å²) in [5.74, 6) is 1.39. The molecular formula is C16H15BrN2O. The van der Waals surface area contributed by atoms with E-state index < -0.39 is 0 Å². The van der Waals surface area contributed by atoms with Crippen LogP contribution in [0.1, 0.15) is 24.1 Å². The Bertz CT molecular complexity index is 649. The topological polar surface area (TPSA) is 45.0 Å². The quantitative estimate of drug-likeness (QED) is 0.903. The molecule has 1 atom stereocenters. The highest BCUT2D eigenvalue weighted by Crippen LogP contribution is 2.30. The zero-order chi connectivity index (χ0) is 14.5. The zero-order valence-corrected chi connectivity index (χ0v) is 12.9. The molecule has 0 aromatic heterocycles. The van der Waals surface area contributed by atoms with Crippen LogP contribution in [0.4, 0.5) is 0 Å². The number of hydrogen-bond acceptors (Lipinski definition) is 3. The molecule has 0 aliphatic carbocycles. The van der Waals surface area contributed by atoms with Crippen LogP contribution in [-0.2, 0) is 0 Å². The van der Waals surface area contributed by atoms with E-state index in [1.165, 1.54) is 5.56 Å². The van der Waals surface area contributed by atoms with Gasteiger partial charge in [-0.3, -0.25) is 0 Å². The number of hydrogen-bond donors (Lipinski definition) is 1. The third-order valence-corrected chi connectivity index (χ3v) is 3.76. The van der Waals surface area contributed by atoms with Crippen molar-refractivity contribution in [3.63, 3.8) is 0 Å². The Morgan fingerprint density at radius 2 is 1.95 bits per heavy atom. The Balaban J connectivity index is 2.22. The van der Waals surface area contributed by atoms with Crippen molar-refractivity contribution in [3.05, 3.63) is 58.1 Å². The molecule has 0 saturated heterocycles. The maximum atomic E-state index is 8.88. The molecule has 0 heterocycles. The van der Waals surface area contributed by atoms with Gasteiger partial charge in [-0.25, -0.2) is 0 Å². The van der Waals surface area contributed by atoms with E-state index >= 15 is 0 Å². The Labute approximate surface area is 127 Å². The van der Waals surface area contributed by atoms with Gasteiger partial charge >= 0.3 is 0 Å². The monoisotopic (exact) mass is 330 g/mol. The molecular weight excluding hydrogens is 316 g/mol. The first-order valence-electron chi connectivity index (χ1n) is 6.28. The fourth-order valence-electron chi connectivity index (χ4n) is 1.84. The van der Waals surface area contributed by atoms with Crippen LogP contribution < -0.4 is 10.1 Å². The van der Waals surface area contributed by atoms with Gasteiger partial charge in [-0.05, 0) is 49.9 Å². The molecule has 0 bridgehead atoms. The van der Waals surface area contributed by atoms with Crippen molar-refractivity contribution >= 4 is 15.9 Å². The Kier molecular flexibility index (Phi) is 4.78. The lowest BCUT2D eigenvalue weighted by Crippen LogP contribution is -2.12. The third kappa shape index (κ3) is 3.38. The summed E-state index contributed by atoms with van der Waals surface area (Å²) in [5.41, 5.74) is 1.76. The molecule has 0 aliphatic heterocycles. The molecule has 2 aromatic carbocycles. The van der Waals surface area contributed by atoms with Crippen molar-refractivity contribution in [2.45, 2.75) is 13.0 Å². The van der Waals surface area contributed by atoms with Crippen molar-refractivity contribution in [1.29, 1.82) is 5.26 Å². The summed E-state index contributed by atoms with van der Waals surface area (Å²) in [5, 5.41) is 12.1. The number of nitrogens with one attached hydrogen (secondary N) is 1. The molecule has 0 spiro atoms. The van der Waals surface area contributed by atoms with Gasteiger partial charge in [0.25, 0.3) is 0 Å². The van der Waals surface area contributed by atoms with Crippen LogP contribution in [0.5, 0.6) is 11.5 Å². The van der Waals surface area contributed by atoms with E-state index in [4.69, 9.17) is 10.00 Å². The summed E-state index contributed by atoms with van der Waals surface area (Å²) in [6.07, 6.45) is 0. The minimum absolute atomic E-state index is 0.264. The summed E-state index contributed by atoms with van der Waals surface area (Å²) in [6, 6.07) is 15.4. The summed E-state index contributed by atoms with van der Waals surface area (Å²) >= 11 is 3.56. The van der Waals surface area contributed by atoms with Crippen LogP contribution in [0, 0.1) is 11.3 Å². The second-order valence-electron chi connectivity index (χ2n) is 4.44. The van der Waals surface area contributed by atoms with Crippen molar-refractivity contribution < 1.29 is 4.74 Å². The van der Waals surface area contributed by atoms with Gasteiger partial charge in [0, 0.05) is 10.5 Å². The summed E-state index contributed by atoms with van der Waals surface area (Å²) in [4.78, 5) is 0. The highest BCUT2D eigenvalue weighted by molar-refractivity contribution is 9.10. The fraction of sp³-hybridized carbons (Fsp3) is 0.188. The Morgan fingerprint density at radius 1 is 1.20 bits per heavy atom. The van der Waals surface area contributed by atoms with Gasteiger partial charge in [0.2, 0.25) is 0 Å². The van der Waals surface area contributed by atoms with Crippen LogP contribution in [0.3, 0.4) is 0 Å². The van der Waals surface area contributed by atoms with Crippen molar-refractivity contribution in [2.75, 3.05) is 7.05 Å². The summed E-state index contributed by atoms with van der Waals surface area (Å²) in [7, 11) is 1.93. The molecule has 102 valence electrons. The maximum Gasteiger partial charge on any atom is 0.128 e. The maximum absolute atomic E-state index is 8.88. The smallest absolute Gasteiger partial charge is 0.128 e. The first-order valence-corrected chi connectivity index (χ1v) is 7.08. The molecule has 2 rings (SSSR count). The largest absolute Gasteiger partial charge is 0.457 e. The molecule has 1 N–H and O–H groups in total. The molecule has 4 heteroatoms. The Morgan fingerprint density at radius 3 is 2.60 bits per heavy atom. The van der Waals surface area contributed by atoms with Crippen molar-refractivity contribution in [2.24, 2.45) is 0 Å². The van der Waals surface area contributed by atoms with Crippen molar-refractivity contribution in [3.8, 4) is 17.6 Å². The van der Waals surface area contributed by atoms with Gasteiger partial charge in [0.1, 0.15) is 11.5 Å². The molecule has 0 saturated carbocycles. The predicted molar refractivity (Wildman–Crippen MR) is 82.8 cm³/mol. The number of benzene rings is 2. The van der Waals surface area contributed by atoms with Gasteiger partial charge in [0.15, 0.2) is 0 Å². The fourth-order valence-corrected chi connectivity index (χ4v) is 2.54. The SMILES string of the molecule is CNC(C)c1ccc(Oc2cccc(C#N)c2)cc1Br. The van der Waals surface area contributed by atoms with Crippen LogP contribution >= 0.6 is 15.9 Å². The minimum atomic E-state index is 0.264. The minimum Gasteiger partial charge on any atom is -0.457 e. The highest BCUT2D eigenvalue weighted by atomic mass is 79.9. The van der Waals surface area contributed by atoms with E-state index in [0.717, 1.165) is 10.2 Å². The van der Waals surface area contributed by atoms with E-state index in [1.807, 2.05) is 31.3 Å². The standard InChI is InChI=1S/C16H15BrN2O/c1-11(19-2)15-7-6-14(9-16(15)17)20-13-5-3-4-12(8-13)10-18/h3-9,11,19H,1-2H3. The van der Waals surface area contributed by atoms with E-state index in [0.29, 0.717) is 11.3 Å². The van der Waals surface area contributed by atoms with Crippen molar-refractivity contribution in [1.82, 2.24) is 5.32 Å². The van der Waals surface area contributed by atoms with Crippen LogP contribution in [-0.4, -0.2) is 7.05 Å². The molecule has 0 radical (unpaired) electrons. The lowest BCUT2D eigenvalue weighted by molar-refractivity contribution is 0.481. The lowest BCUT2D eigenvalue weighted by atomic mass is 10.1. The number of halogens is 1. The lowest BCUT2D eigenvalue weighted by Gasteiger charge is -2.14. The average Bonchev–Trinajstić information content (AvgIpc) is 2.47. The first-order chi connectivity index (χ1) is 9.63. The summed E-state index contributed by atoms with van der Waals surface area (Å²) < 4.78 is 6.76. The predicted octanol–water partition coefficient (Wildman–Crippen LogP) is 4.39. The van der Waals surface area contributed by atoms with E-state index in [-0.39, 0.29) is 6.04 Å². The van der Waals surface area contributed by atoms with Crippen LogP contribution in [0.15, 0.2) is 46.9 Å². The number of rotatable bonds is 4. The van der Waals surface area contributed by atoms with Crippen LogP contribution in [0.2, 0.25) is 0 Å². The molecule has 2 aromatic rings. The van der Waals surface area contributed by atoms with Gasteiger partial charge < -0.3 is 10.1 Å². The van der Waals surface area contributed by atoms with Crippen LogP contribution in [0.25, 0.3) is 0 Å². The average molecular weight is 331 g/mol. The molecule has 0 fully saturated rings. The number of nitriles is 1. The second kappa shape index (κ2) is 6.56. The van der Waals surface area contributed by atoms with E-state index in [2.05, 4.69) is 34.2 Å². The molecule has 0 amide bonds.